The van der Waals surface area contributed by atoms with Gasteiger partial charge in [0.1, 0.15) is 0 Å². The number of benzene rings is 1. The van der Waals surface area contributed by atoms with Gasteiger partial charge < -0.3 is 5.73 Å². The number of tetrazole rings is 1. The van der Waals surface area contributed by atoms with E-state index in [0.717, 1.165) is 18.5 Å². The van der Waals surface area contributed by atoms with E-state index in [4.69, 9.17) is 17.3 Å². The van der Waals surface area contributed by atoms with Crippen LogP contribution in [-0.4, -0.2) is 20.2 Å². The first-order valence-corrected chi connectivity index (χ1v) is 6.83. The van der Waals surface area contributed by atoms with Crippen LogP contribution in [0.5, 0.6) is 0 Å². The fourth-order valence-corrected chi connectivity index (χ4v) is 2.53. The Morgan fingerprint density at radius 2 is 2.21 bits per heavy atom. The Bertz CT molecular complexity index is 603. The number of nitrogens with zero attached hydrogens (tertiary/aromatic N) is 4. The molecule has 19 heavy (non-hydrogen) atoms. The number of anilines is 1. The summed E-state index contributed by atoms with van der Waals surface area (Å²) in [4.78, 5) is 0. The quantitative estimate of drug-likeness (QED) is 0.873. The lowest BCUT2D eigenvalue weighted by Gasteiger charge is -2.13. The predicted molar refractivity (Wildman–Crippen MR) is 74.6 cm³/mol. The second-order valence-corrected chi connectivity index (χ2v) is 5.62. The summed E-state index contributed by atoms with van der Waals surface area (Å²) in [6.45, 7) is 3.06. The van der Waals surface area contributed by atoms with Crippen LogP contribution in [0.25, 0.3) is 11.4 Å². The van der Waals surface area contributed by atoms with E-state index in [1.54, 1.807) is 6.07 Å². The van der Waals surface area contributed by atoms with Crippen LogP contribution in [0.2, 0.25) is 5.02 Å². The van der Waals surface area contributed by atoms with Crippen molar-refractivity contribution in [2.24, 2.45) is 5.41 Å². The lowest BCUT2D eigenvalue weighted by Crippen LogP contribution is -2.13. The monoisotopic (exact) mass is 277 g/mol. The van der Waals surface area contributed by atoms with Gasteiger partial charge in [-0.15, -0.1) is 5.10 Å². The van der Waals surface area contributed by atoms with Crippen LogP contribution in [0.15, 0.2) is 18.2 Å². The molecule has 0 radical (unpaired) electrons. The van der Waals surface area contributed by atoms with Crippen LogP contribution in [-0.2, 0) is 6.54 Å². The van der Waals surface area contributed by atoms with E-state index in [-0.39, 0.29) is 0 Å². The number of halogens is 1. The van der Waals surface area contributed by atoms with Gasteiger partial charge in [-0.05, 0) is 47.2 Å². The maximum absolute atomic E-state index is 6.05. The van der Waals surface area contributed by atoms with Crippen molar-refractivity contribution in [1.82, 2.24) is 20.2 Å². The third kappa shape index (κ3) is 2.18. The smallest absolute Gasteiger partial charge is 0.184 e. The van der Waals surface area contributed by atoms with Crippen molar-refractivity contribution in [3.8, 4) is 11.4 Å². The standard InChI is InChI=1S/C13H16ClN5/c1-2-13(6-7-13)8-19-12(16-17-18-19)9-4-3-5-10(14)11(9)15/h3-5H,2,6-8,15H2,1H3. The van der Waals surface area contributed by atoms with E-state index in [0.29, 0.717) is 21.9 Å². The molecule has 0 aliphatic heterocycles. The first kappa shape index (κ1) is 12.4. The fourth-order valence-electron chi connectivity index (χ4n) is 2.35. The van der Waals surface area contributed by atoms with Crippen molar-refractivity contribution in [3.05, 3.63) is 23.2 Å². The van der Waals surface area contributed by atoms with Gasteiger partial charge in [0.15, 0.2) is 5.82 Å². The number of rotatable bonds is 4. The Kier molecular flexibility index (Phi) is 2.93. The van der Waals surface area contributed by atoms with E-state index >= 15 is 0 Å². The summed E-state index contributed by atoms with van der Waals surface area (Å²) >= 11 is 6.05. The molecule has 0 atom stereocenters. The van der Waals surface area contributed by atoms with Crippen LogP contribution >= 0.6 is 11.6 Å². The highest BCUT2D eigenvalue weighted by atomic mass is 35.5. The summed E-state index contributed by atoms with van der Waals surface area (Å²) in [5.41, 5.74) is 7.71. The summed E-state index contributed by atoms with van der Waals surface area (Å²) < 4.78 is 1.85. The van der Waals surface area contributed by atoms with Crippen molar-refractivity contribution < 1.29 is 0 Å². The highest BCUT2D eigenvalue weighted by molar-refractivity contribution is 6.33. The molecule has 0 amide bonds. The number of hydrogen-bond donors (Lipinski definition) is 1. The van der Waals surface area contributed by atoms with Crippen LogP contribution in [0.1, 0.15) is 26.2 Å². The third-order valence-corrected chi connectivity index (χ3v) is 4.35. The zero-order chi connectivity index (χ0) is 13.5. The summed E-state index contributed by atoms with van der Waals surface area (Å²) in [5.74, 6) is 0.694. The lowest BCUT2D eigenvalue weighted by atomic mass is 10.0. The average Bonchev–Trinajstić information content (AvgIpc) is 3.04. The average molecular weight is 278 g/mol. The largest absolute Gasteiger partial charge is 0.397 e. The first-order chi connectivity index (χ1) is 9.15. The minimum atomic E-state index is 0.372. The topological polar surface area (TPSA) is 69.6 Å². The van der Waals surface area contributed by atoms with Crippen molar-refractivity contribution in [2.45, 2.75) is 32.7 Å². The van der Waals surface area contributed by atoms with Gasteiger partial charge in [-0.2, -0.15) is 0 Å². The Morgan fingerprint density at radius 3 is 2.89 bits per heavy atom. The minimum Gasteiger partial charge on any atom is -0.397 e. The van der Waals surface area contributed by atoms with Gasteiger partial charge in [0.2, 0.25) is 0 Å². The molecule has 1 aromatic heterocycles. The molecule has 2 aromatic rings. The Hall–Kier alpha value is -1.62. The zero-order valence-corrected chi connectivity index (χ0v) is 11.6. The van der Waals surface area contributed by atoms with Gasteiger partial charge in [0, 0.05) is 5.56 Å². The highest BCUT2D eigenvalue weighted by Gasteiger charge is 2.41. The molecule has 1 aliphatic rings. The third-order valence-electron chi connectivity index (χ3n) is 4.02. The van der Waals surface area contributed by atoms with E-state index in [1.807, 2.05) is 16.8 Å². The second-order valence-electron chi connectivity index (χ2n) is 5.21. The molecule has 100 valence electrons. The van der Waals surface area contributed by atoms with Gasteiger partial charge in [-0.3, -0.25) is 0 Å². The summed E-state index contributed by atoms with van der Waals surface area (Å²) in [6, 6.07) is 5.53. The van der Waals surface area contributed by atoms with Crippen molar-refractivity contribution >= 4 is 17.3 Å². The molecule has 0 spiro atoms. The maximum atomic E-state index is 6.05. The van der Waals surface area contributed by atoms with Crippen LogP contribution < -0.4 is 5.73 Å². The van der Waals surface area contributed by atoms with Crippen LogP contribution in [0.4, 0.5) is 5.69 Å². The molecule has 0 bridgehead atoms. The molecular weight excluding hydrogens is 262 g/mol. The molecule has 5 nitrogen and oxygen atoms in total. The molecule has 1 heterocycles. The fraction of sp³-hybridized carbons (Fsp3) is 0.462. The summed E-state index contributed by atoms with van der Waals surface area (Å²) in [7, 11) is 0. The Balaban J connectivity index is 1.98. The zero-order valence-electron chi connectivity index (χ0n) is 10.8. The highest BCUT2D eigenvalue weighted by Crippen LogP contribution is 2.50. The van der Waals surface area contributed by atoms with Gasteiger partial charge in [0.25, 0.3) is 0 Å². The molecule has 1 fully saturated rings. The maximum Gasteiger partial charge on any atom is 0.184 e. The van der Waals surface area contributed by atoms with E-state index in [9.17, 15) is 0 Å². The number of nitrogen functional groups attached to an aromatic ring is 1. The molecule has 6 heteroatoms. The van der Waals surface area contributed by atoms with Gasteiger partial charge in [-0.1, -0.05) is 24.6 Å². The van der Waals surface area contributed by atoms with E-state index < -0.39 is 0 Å². The number of aromatic nitrogens is 4. The van der Waals surface area contributed by atoms with Crippen molar-refractivity contribution in [2.75, 3.05) is 5.73 Å². The van der Waals surface area contributed by atoms with E-state index in [2.05, 4.69) is 22.4 Å². The van der Waals surface area contributed by atoms with Gasteiger partial charge in [0.05, 0.1) is 17.3 Å². The molecule has 1 saturated carbocycles. The molecule has 1 aromatic carbocycles. The number of hydrogen-bond acceptors (Lipinski definition) is 4. The first-order valence-electron chi connectivity index (χ1n) is 6.46. The lowest BCUT2D eigenvalue weighted by molar-refractivity contribution is 0.382. The summed E-state index contributed by atoms with van der Waals surface area (Å²) in [5, 5.41) is 12.5. The number of para-hydroxylation sites is 1. The Morgan fingerprint density at radius 1 is 1.42 bits per heavy atom. The molecular formula is C13H16ClN5. The van der Waals surface area contributed by atoms with Gasteiger partial charge in [-0.25, -0.2) is 4.68 Å². The minimum absolute atomic E-state index is 0.372. The molecule has 2 N–H and O–H groups in total. The molecule has 0 saturated heterocycles. The van der Waals surface area contributed by atoms with Gasteiger partial charge >= 0.3 is 0 Å². The summed E-state index contributed by atoms with van der Waals surface area (Å²) in [6.07, 6.45) is 3.64. The Labute approximate surface area is 116 Å². The molecule has 3 rings (SSSR count). The van der Waals surface area contributed by atoms with E-state index in [1.165, 1.54) is 12.8 Å². The molecule has 0 unspecified atom stereocenters. The molecule has 1 aliphatic carbocycles. The van der Waals surface area contributed by atoms with Crippen molar-refractivity contribution in [1.29, 1.82) is 0 Å². The SMILES string of the molecule is CCC1(Cn2nnnc2-c2cccc(Cl)c2N)CC1. The van der Waals surface area contributed by atoms with Crippen LogP contribution in [0.3, 0.4) is 0 Å². The normalized spacial score (nSPS) is 16.5. The second kappa shape index (κ2) is 4.49. The van der Waals surface area contributed by atoms with Crippen molar-refractivity contribution in [3.63, 3.8) is 0 Å². The van der Waals surface area contributed by atoms with Crippen LogP contribution in [0, 0.1) is 5.41 Å². The predicted octanol–water partition coefficient (Wildman–Crippen LogP) is 2.77. The number of nitrogens with two attached hydrogens (primary N) is 1.